The first kappa shape index (κ1) is 28.6. The van der Waals surface area contributed by atoms with E-state index in [2.05, 4.69) is 162 Å². The van der Waals surface area contributed by atoms with Gasteiger partial charge in [-0.1, -0.05) is 152 Å². The summed E-state index contributed by atoms with van der Waals surface area (Å²) < 4.78 is 5.37. The zero-order valence-corrected chi connectivity index (χ0v) is 30.8. The van der Waals surface area contributed by atoms with Gasteiger partial charge in [0, 0.05) is 43.2 Å². The maximum absolute atomic E-state index is 2.69. The highest BCUT2D eigenvalue weighted by molar-refractivity contribution is 6.16. The molecular weight excluding hydrogens is 617 g/mol. The van der Waals surface area contributed by atoms with Gasteiger partial charge in [-0.25, -0.2) is 0 Å². The minimum absolute atomic E-state index is 0.128. The third-order valence-corrected chi connectivity index (χ3v) is 14.6. The lowest BCUT2D eigenvalue weighted by molar-refractivity contribution is 0.535. The number of hydrogen-bond donors (Lipinski definition) is 0. The smallest absolute Gasteiger partial charge is 0.0582 e. The molecule has 1 unspecified atom stereocenters. The van der Waals surface area contributed by atoms with Crippen LogP contribution in [-0.4, -0.2) is 9.13 Å². The average molecular weight is 659 g/mol. The predicted octanol–water partition coefficient (Wildman–Crippen LogP) is 12.5. The lowest BCUT2D eigenvalue weighted by Crippen LogP contribution is -2.36. The Bertz CT molecular complexity index is 2970. The first-order valence-electron chi connectivity index (χ1n) is 18.9. The van der Waals surface area contributed by atoms with E-state index in [9.17, 15) is 0 Å². The molecule has 1 atom stereocenters. The van der Waals surface area contributed by atoms with Gasteiger partial charge < -0.3 is 9.13 Å². The van der Waals surface area contributed by atoms with Crippen molar-refractivity contribution in [3.8, 4) is 22.5 Å². The monoisotopic (exact) mass is 658 g/mol. The molecule has 0 bridgehead atoms. The van der Waals surface area contributed by atoms with E-state index in [0.29, 0.717) is 0 Å². The van der Waals surface area contributed by atoms with Crippen LogP contribution < -0.4 is 0 Å². The molecule has 12 rings (SSSR count). The van der Waals surface area contributed by atoms with E-state index in [1.807, 2.05) is 0 Å². The molecule has 8 aromatic rings. The van der Waals surface area contributed by atoms with Crippen molar-refractivity contribution >= 4 is 43.6 Å². The molecule has 0 radical (unpaired) electrons. The summed E-state index contributed by atoms with van der Waals surface area (Å²) in [5.74, 6) is 0. The van der Waals surface area contributed by atoms with Gasteiger partial charge in [-0.2, -0.15) is 0 Å². The highest BCUT2D eigenvalue weighted by atomic mass is 15.0. The Kier molecular flexibility index (Phi) is 4.68. The molecule has 2 nitrogen and oxygen atoms in total. The van der Waals surface area contributed by atoms with Crippen molar-refractivity contribution in [3.05, 3.63) is 142 Å². The second kappa shape index (κ2) is 8.34. The van der Waals surface area contributed by atoms with E-state index in [4.69, 9.17) is 0 Å². The quantitative estimate of drug-likeness (QED) is 0.175. The van der Waals surface area contributed by atoms with Gasteiger partial charge in [0.15, 0.2) is 0 Å². The second-order valence-corrected chi connectivity index (χ2v) is 17.8. The molecule has 0 aliphatic carbocycles. The van der Waals surface area contributed by atoms with Crippen LogP contribution in [0.25, 0.3) is 66.1 Å². The number of benzene rings is 6. The van der Waals surface area contributed by atoms with Crippen molar-refractivity contribution in [2.45, 2.75) is 83.5 Å². The van der Waals surface area contributed by atoms with Crippen molar-refractivity contribution in [1.29, 1.82) is 0 Å². The number of rotatable bonds is 2. The van der Waals surface area contributed by atoms with Crippen molar-refractivity contribution in [3.63, 3.8) is 0 Å². The van der Waals surface area contributed by atoms with Gasteiger partial charge in [0.05, 0.1) is 33.4 Å². The Morgan fingerprint density at radius 3 is 1.22 bits per heavy atom. The highest BCUT2D eigenvalue weighted by Gasteiger charge is 2.48. The molecule has 4 aliphatic heterocycles. The maximum atomic E-state index is 2.69. The van der Waals surface area contributed by atoms with Crippen molar-refractivity contribution in [2.24, 2.45) is 0 Å². The summed E-state index contributed by atoms with van der Waals surface area (Å²) in [6.07, 6.45) is 1.02. The van der Waals surface area contributed by atoms with Crippen LogP contribution >= 0.6 is 0 Å². The normalized spacial score (nSPS) is 20.4. The predicted molar refractivity (Wildman–Crippen MR) is 214 cm³/mol. The van der Waals surface area contributed by atoms with Gasteiger partial charge in [-0.3, -0.25) is 0 Å². The van der Waals surface area contributed by atoms with Crippen LogP contribution in [0.4, 0.5) is 0 Å². The molecule has 0 saturated heterocycles. The molecule has 0 fully saturated rings. The molecule has 51 heavy (non-hydrogen) atoms. The average Bonchev–Trinajstić information content (AvgIpc) is 3.65. The number of nitrogens with zero attached hydrogens (tertiary/aromatic N) is 2. The van der Waals surface area contributed by atoms with E-state index in [0.717, 1.165) is 6.42 Å². The molecule has 6 heterocycles. The number of aromatic nitrogens is 2. The molecule has 2 aromatic heterocycles. The van der Waals surface area contributed by atoms with E-state index in [-0.39, 0.29) is 21.7 Å². The number of para-hydroxylation sites is 4. The van der Waals surface area contributed by atoms with Gasteiger partial charge in [0.25, 0.3) is 0 Å². The first-order valence-corrected chi connectivity index (χ1v) is 18.9. The highest BCUT2D eigenvalue weighted by Crippen LogP contribution is 2.61. The van der Waals surface area contributed by atoms with Crippen LogP contribution in [0.1, 0.15) is 106 Å². The molecule has 0 N–H and O–H groups in total. The third-order valence-electron chi connectivity index (χ3n) is 14.6. The topological polar surface area (TPSA) is 9.86 Å². The van der Waals surface area contributed by atoms with Crippen molar-refractivity contribution in [1.82, 2.24) is 9.13 Å². The van der Waals surface area contributed by atoms with Crippen LogP contribution in [0.2, 0.25) is 0 Å². The molecule has 4 aliphatic rings. The zero-order valence-electron chi connectivity index (χ0n) is 30.8. The zero-order chi connectivity index (χ0) is 34.7. The largest absolute Gasteiger partial charge is 0.308 e. The van der Waals surface area contributed by atoms with Gasteiger partial charge in [0.2, 0.25) is 0 Å². The minimum atomic E-state index is -0.212. The third kappa shape index (κ3) is 2.80. The molecule has 0 spiro atoms. The van der Waals surface area contributed by atoms with Crippen molar-refractivity contribution in [2.75, 3.05) is 0 Å². The minimum Gasteiger partial charge on any atom is -0.308 e. The molecular formula is C49H42N2. The standard InChI is InChI=1S/C49H42N2/c1-9-49(8)37-21-13-17-31-30-15-11-19-33-41(30)51(43(31)37)45-36(47(33,4)5)25-23-27(39(45)49)26-22-24-35-44-38(26)48(6,7)34-20-12-16-29-28-14-10-18-32(46(35,2)3)40(28)50(44)42(29)34/h10-25H,9H2,1-8H3. The molecule has 0 saturated carbocycles. The SMILES string of the molecule is CCC1(C)c2c(-c3ccc4c5c3C(C)(C)c3cccc6c7cccc(c7n-5c36)C4(C)C)ccc3c2-n2c4c(cccc4c4cccc1c42)C3(C)C. The lowest BCUT2D eigenvalue weighted by atomic mass is 9.63. The maximum Gasteiger partial charge on any atom is 0.0582 e. The van der Waals surface area contributed by atoms with Crippen LogP contribution in [0.3, 0.4) is 0 Å². The molecule has 248 valence electrons. The Hall–Kier alpha value is -5.08. The summed E-state index contributed by atoms with van der Waals surface area (Å²) in [5, 5.41) is 5.50. The fraction of sp³-hybridized carbons (Fsp3) is 0.265. The number of hydrogen-bond acceptors (Lipinski definition) is 0. The van der Waals surface area contributed by atoms with E-state index in [1.165, 1.54) is 111 Å². The summed E-state index contributed by atoms with van der Waals surface area (Å²) in [4.78, 5) is 0. The van der Waals surface area contributed by atoms with Gasteiger partial charge in [-0.15, -0.1) is 0 Å². The Morgan fingerprint density at radius 1 is 0.392 bits per heavy atom. The summed E-state index contributed by atoms with van der Waals surface area (Å²) in [6.45, 7) is 19.7. The summed E-state index contributed by atoms with van der Waals surface area (Å²) in [7, 11) is 0. The second-order valence-electron chi connectivity index (χ2n) is 17.8. The van der Waals surface area contributed by atoms with Gasteiger partial charge in [0.1, 0.15) is 0 Å². The molecule has 6 aromatic carbocycles. The van der Waals surface area contributed by atoms with Crippen LogP contribution in [0, 0.1) is 0 Å². The van der Waals surface area contributed by atoms with Gasteiger partial charge >= 0.3 is 0 Å². The van der Waals surface area contributed by atoms with Crippen LogP contribution in [-0.2, 0) is 21.7 Å². The van der Waals surface area contributed by atoms with Crippen molar-refractivity contribution < 1.29 is 0 Å². The Labute approximate surface area is 299 Å². The Morgan fingerprint density at radius 2 is 0.765 bits per heavy atom. The van der Waals surface area contributed by atoms with E-state index >= 15 is 0 Å². The fourth-order valence-electron chi connectivity index (χ4n) is 11.9. The molecule has 0 amide bonds. The van der Waals surface area contributed by atoms with Crippen LogP contribution in [0.5, 0.6) is 0 Å². The summed E-state index contributed by atoms with van der Waals surface area (Å²) in [5.41, 5.74) is 22.1. The fourth-order valence-corrected chi connectivity index (χ4v) is 11.9. The summed E-state index contributed by atoms with van der Waals surface area (Å²) >= 11 is 0. The van der Waals surface area contributed by atoms with E-state index in [1.54, 1.807) is 0 Å². The van der Waals surface area contributed by atoms with E-state index < -0.39 is 0 Å². The van der Waals surface area contributed by atoms with Crippen LogP contribution in [0.15, 0.2) is 97.1 Å². The lowest BCUT2D eigenvalue weighted by Gasteiger charge is -2.46. The summed E-state index contributed by atoms with van der Waals surface area (Å²) in [6, 6.07) is 38.1. The first-order chi connectivity index (χ1) is 24.4. The van der Waals surface area contributed by atoms with Gasteiger partial charge in [-0.05, 0) is 62.1 Å². The number of fused-ring (bicyclic) bond motifs is 2. The Balaban J connectivity index is 1.29. The molecule has 2 heteroatoms.